The Morgan fingerprint density at radius 3 is 2.35 bits per heavy atom. The zero-order chi connectivity index (χ0) is 22.9. The summed E-state index contributed by atoms with van der Waals surface area (Å²) >= 11 is 0. The van der Waals surface area contributed by atoms with Gasteiger partial charge in [0.1, 0.15) is 6.04 Å². The van der Waals surface area contributed by atoms with Gasteiger partial charge in [0.2, 0.25) is 0 Å². The number of halogens is 3. The molecule has 0 saturated heterocycles. The number of carbonyl (C=O) groups excluding carboxylic acids is 2. The van der Waals surface area contributed by atoms with Crippen molar-refractivity contribution >= 4 is 17.5 Å². The summed E-state index contributed by atoms with van der Waals surface area (Å²) in [6, 6.07) is 11.0. The number of alkyl halides is 3. The van der Waals surface area contributed by atoms with Crippen molar-refractivity contribution in [1.82, 2.24) is 5.32 Å². The highest BCUT2D eigenvalue weighted by Gasteiger charge is 2.39. The number of Topliss-reactive ketones (excluding diaryl/α,β-unsaturated/α-hetero) is 1. The molecule has 0 fully saturated rings. The maximum absolute atomic E-state index is 13.2. The van der Waals surface area contributed by atoms with Gasteiger partial charge in [-0.05, 0) is 42.8 Å². The van der Waals surface area contributed by atoms with E-state index in [0.717, 1.165) is 17.0 Å². The van der Waals surface area contributed by atoms with E-state index >= 15 is 0 Å². The van der Waals surface area contributed by atoms with Crippen LogP contribution in [0.5, 0.6) is 0 Å². The lowest BCUT2D eigenvalue weighted by molar-refractivity contribution is -0.137. The number of hydrogen-bond donors (Lipinski definition) is 0. The van der Waals surface area contributed by atoms with Gasteiger partial charge in [-0.25, -0.2) is 10.1 Å². The Kier molecular flexibility index (Phi) is 5.89. The van der Waals surface area contributed by atoms with Crippen molar-refractivity contribution in [2.75, 3.05) is 4.90 Å². The number of amides is 2. The van der Waals surface area contributed by atoms with Crippen LogP contribution in [0.15, 0.2) is 59.8 Å². The second-order valence-corrected chi connectivity index (χ2v) is 7.45. The van der Waals surface area contributed by atoms with Gasteiger partial charge in [0, 0.05) is 17.2 Å². The molecule has 1 radical (unpaired) electrons. The van der Waals surface area contributed by atoms with E-state index in [1.807, 2.05) is 6.07 Å². The Morgan fingerprint density at radius 1 is 1.16 bits per heavy atom. The molecule has 3 rings (SSSR count). The molecule has 0 aliphatic carbocycles. The molecule has 2 amide bonds. The quantitative estimate of drug-likeness (QED) is 0.660. The van der Waals surface area contributed by atoms with Crippen LogP contribution >= 0.6 is 0 Å². The van der Waals surface area contributed by atoms with Gasteiger partial charge in [-0.1, -0.05) is 32.0 Å². The molecule has 0 spiro atoms. The van der Waals surface area contributed by atoms with Crippen LogP contribution in [0.1, 0.15) is 43.5 Å². The number of urea groups is 1. The molecule has 1 heterocycles. The molecule has 1 aliphatic heterocycles. The van der Waals surface area contributed by atoms with Gasteiger partial charge in [0.15, 0.2) is 5.78 Å². The van der Waals surface area contributed by atoms with Crippen LogP contribution in [0, 0.1) is 17.2 Å². The molecular formula is C23H19F3N3O2. The average molecular weight is 426 g/mol. The first kappa shape index (κ1) is 22.1. The number of allylic oxidation sites excluding steroid dienone is 1. The Morgan fingerprint density at radius 2 is 1.81 bits per heavy atom. The minimum absolute atomic E-state index is 0.0200. The van der Waals surface area contributed by atoms with E-state index in [2.05, 4.69) is 5.32 Å². The molecule has 8 heteroatoms. The van der Waals surface area contributed by atoms with Crippen LogP contribution in [-0.2, 0) is 11.0 Å². The van der Waals surface area contributed by atoms with Gasteiger partial charge in [0.25, 0.3) is 0 Å². The number of ketones is 1. The lowest BCUT2D eigenvalue weighted by Crippen LogP contribution is -2.44. The molecule has 2 aromatic carbocycles. The molecule has 5 nitrogen and oxygen atoms in total. The Balaban J connectivity index is 2.15. The van der Waals surface area contributed by atoms with Gasteiger partial charge in [-0.3, -0.25) is 9.69 Å². The Hall–Kier alpha value is -3.60. The maximum atomic E-state index is 13.2. The minimum atomic E-state index is -4.58. The van der Waals surface area contributed by atoms with Crippen LogP contribution in [-0.4, -0.2) is 11.8 Å². The second kappa shape index (κ2) is 8.26. The summed E-state index contributed by atoms with van der Waals surface area (Å²) in [4.78, 5) is 27.0. The van der Waals surface area contributed by atoms with E-state index in [9.17, 15) is 22.8 Å². The number of hydrogen-bond acceptors (Lipinski definition) is 3. The van der Waals surface area contributed by atoms with Crippen LogP contribution in [0.3, 0.4) is 0 Å². The number of nitrogens with zero attached hydrogens (tertiary/aromatic N) is 3. The standard InChI is InChI=1S/C23H19F3N3O2/c1-13(2)21(30)19-14(3)29(18-6-4-5-17(11-18)23(24,25)26)22(31)28-20(19)16-9-7-15(12-27)8-10-16/h4-11,13,20H,1-3H3. The highest BCUT2D eigenvalue weighted by molar-refractivity contribution is 6.06. The summed E-state index contributed by atoms with van der Waals surface area (Å²) in [5.41, 5.74) is 0.488. The van der Waals surface area contributed by atoms with E-state index < -0.39 is 29.7 Å². The molecule has 31 heavy (non-hydrogen) atoms. The molecule has 0 aromatic heterocycles. The lowest BCUT2D eigenvalue weighted by Gasteiger charge is -2.35. The first-order valence-electron chi connectivity index (χ1n) is 9.51. The van der Waals surface area contributed by atoms with Crippen LogP contribution in [0.25, 0.3) is 0 Å². The topological polar surface area (TPSA) is 75.3 Å². The number of benzene rings is 2. The van der Waals surface area contributed by atoms with Crippen molar-refractivity contribution in [3.8, 4) is 6.07 Å². The fraction of sp³-hybridized carbons (Fsp3) is 0.261. The number of rotatable bonds is 4. The molecule has 1 unspecified atom stereocenters. The molecule has 159 valence electrons. The van der Waals surface area contributed by atoms with Crippen molar-refractivity contribution in [3.63, 3.8) is 0 Å². The number of carbonyl (C=O) groups is 2. The Labute approximate surface area is 177 Å². The molecule has 0 N–H and O–H groups in total. The largest absolute Gasteiger partial charge is 0.416 e. The van der Waals surface area contributed by atoms with E-state index in [4.69, 9.17) is 5.26 Å². The normalized spacial score (nSPS) is 16.9. The van der Waals surface area contributed by atoms with Crippen LogP contribution in [0.4, 0.5) is 23.7 Å². The van der Waals surface area contributed by atoms with Gasteiger partial charge < -0.3 is 0 Å². The van der Waals surface area contributed by atoms with E-state index in [-0.39, 0.29) is 22.7 Å². The molecule has 0 saturated carbocycles. The fourth-order valence-electron chi connectivity index (χ4n) is 3.43. The molecule has 1 aliphatic rings. The summed E-state index contributed by atoms with van der Waals surface area (Å²) in [5.74, 6) is -0.683. The zero-order valence-electron chi connectivity index (χ0n) is 17.1. The summed E-state index contributed by atoms with van der Waals surface area (Å²) in [5, 5.41) is 13.1. The molecule has 1 atom stereocenters. The van der Waals surface area contributed by atoms with Crippen molar-refractivity contribution in [1.29, 1.82) is 5.26 Å². The number of anilines is 1. The van der Waals surface area contributed by atoms with Crippen molar-refractivity contribution < 1.29 is 22.8 Å². The zero-order valence-corrected chi connectivity index (χ0v) is 17.1. The van der Waals surface area contributed by atoms with Gasteiger partial charge in [-0.15, -0.1) is 0 Å². The highest BCUT2D eigenvalue weighted by atomic mass is 19.4. The smallest absolute Gasteiger partial charge is 0.294 e. The summed E-state index contributed by atoms with van der Waals surface area (Å²) < 4.78 is 39.5. The number of nitriles is 1. The van der Waals surface area contributed by atoms with Crippen molar-refractivity contribution in [2.24, 2.45) is 5.92 Å². The van der Waals surface area contributed by atoms with Crippen molar-refractivity contribution in [2.45, 2.75) is 33.0 Å². The van der Waals surface area contributed by atoms with Crippen LogP contribution in [0.2, 0.25) is 0 Å². The SMILES string of the molecule is CC1=C(C(=O)C(C)C)C(c2ccc(C#N)cc2)[N]C(=O)N1c1cccc(C(F)(F)F)c1. The van der Waals surface area contributed by atoms with E-state index in [1.165, 1.54) is 19.1 Å². The van der Waals surface area contributed by atoms with Gasteiger partial charge in [-0.2, -0.15) is 18.4 Å². The van der Waals surface area contributed by atoms with Crippen molar-refractivity contribution in [3.05, 3.63) is 76.5 Å². The molecule has 2 aromatic rings. The molecule has 0 bridgehead atoms. The highest BCUT2D eigenvalue weighted by Crippen LogP contribution is 2.38. The van der Waals surface area contributed by atoms with Crippen LogP contribution < -0.4 is 10.2 Å². The first-order chi connectivity index (χ1) is 14.5. The monoisotopic (exact) mass is 426 g/mol. The third kappa shape index (κ3) is 4.31. The van der Waals surface area contributed by atoms with Gasteiger partial charge in [0.05, 0.1) is 22.9 Å². The maximum Gasteiger partial charge on any atom is 0.416 e. The summed E-state index contributed by atoms with van der Waals surface area (Å²) in [6.45, 7) is 4.92. The fourth-order valence-corrected chi connectivity index (χ4v) is 3.43. The minimum Gasteiger partial charge on any atom is -0.294 e. The predicted octanol–water partition coefficient (Wildman–Crippen LogP) is 5.36. The third-order valence-electron chi connectivity index (χ3n) is 5.01. The lowest BCUT2D eigenvalue weighted by atomic mass is 9.87. The second-order valence-electron chi connectivity index (χ2n) is 7.45. The Bertz CT molecular complexity index is 1100. The third-order valence-corrected chi connectivity index (χ3v) is 5.01. The van der Waals surface area contributed by atoms with E-state index in [0.29, 0.717) is 11.1 Å². The first-order valence-corrected chi connectivity index (χ1v) is 9.51. The predicted molar refractivity (Wildman–Crippen MR) is 108 cm³/mol. The molecular weight excluding hydrogens is 407 g/mol. The van der Waals surface area contributed by atoms with E-state index in [1.54, 1.807) is 38.1 Å². The average Bonchev–Trinajstić information content (AvgIpc) is 2.72. The summed E-state index contributed by atoms with van der Waals surface area (Å²) in [6.07, 6.45) is -4.58. The summed E-state index contributed by atoms with van der Waals surface area (Å²) in [7, 11) is 0. The van der Waals surface area contributed by atoms with Gasteiger partial charge >= 0.3 is 12.2 Å².